The number of ketones is 1. The van der Waals surface area contributed by atoms with Gasteiger partial charge in [0.15, 0.2) is 10.5 Å². The van der Waals surface area contributed by atoms with Gasteiger partial charge in [-0.1, -0.05) is 58.3 Å². The Hall–Kier alpha value is 0.540. The van der Waals surface area contributed by atoms with Crippen LogP contribution in [-0.4, -0.2) is 30.0 Å². The second-order valence-corrected chi connectivity index (χ2v) is 7.76. The van der Waals surface area contributed by atoms with E-state index in [9.17, 15) is 13.2 Å². The van der Waals surface area contributed by atoms with Crippen molar-refractivity contribution in [2.24, 2.45) is 5.73 Å². The first kappa shape index (κ1) is 24.8. The summed E-state index contributed by atoms with van der Waals surface area (Å²) in [5, 5.41) is 0. The molecular formula is C15H31NNaO4S+. The predicted octanol–water partition coefficient (Wildman–Crippen LogP) is 0.0856. The zero-order valence-corrected chi connectivity index (χ0v) is 17.3. The minimum absolute atomic E-state index is 0. The second kappa shape index (κ2) is 12.9. The fourth-order valence-electron chi connectivity index (χ4n) is 2.22. The van der Waals surface area contributed by atoms with Crippen molar-refractivity contribution in [2.75, 3.05) is 6.54 Å². The fraction of sp³-hybridized carbons (Fsp3) is 0.933. The van der Waals surface area contributed by atoms with Crippen molar-refractivity contribution in [1.82, 2.24) is 0 Å². The van der Waals surface area contributed by atoms with Crippen molar-refractivity contribution >= 4 is 15.9 Å². The van der Waals surface area contributed by atoms with E-state index in [2.05, 4.69) is 6.92 Å². The van der Waals surface area contributed by atoms with E-state index in [0.717, 1.165) is 19.3 Å². The summed E-state index contributed by atoms with van der Waals surface area (Å²) in [5.74, 6) is -0.490. The maximum atomic E-state index is 11.9. The molecule has 1 atom stereocenters. The first-order chi connectivity index (χ1) is 9.79. The van der Waals surface area contributed by atoms with Gasteiger partial charge >= 0.3 is 29.6 Å². The third-order valence-corrected chi connectivity index (χ3v) is 5.59. The molecule has 0 spiro atoms. The van der Waals surface area contributed by atoms with Crippen LogP contribution in [0.2, 0.25) is 0 Å². The number of hydrogen-bond acceptors (Lipinski definition) is 4. The number of nitrogens with two attached hydrogens (primary N) is 1. The smallest absolute Gasteiger partial charge is 0.328 e. The van der Waals surface area contributed by atoms with Crippen LogP contribution in [0, 0.1) is 0 Å². The van der Waals surface area contributed by atoms with E-state index in [1.165, 1.54) is 39.0 Å². The number of unbranched alkanes of at least 4 members (excludes halogenated alkanes) is 8. The van der Waals surface area contributed by atoms with Crippen LogP contribution in [-0.2, 0) is 14.9 Å². The Morgan fingerprint density at radius 3 is 1.77 bits per heavy atom. The molecule has 126 valence electrons. The number of Topliss-reactive ketones (excluding diaryl/α,β-unsaturated/α-hetero) is 1. The zero-order chi connectivity index (χ0) is 16.4. The van der Waals surface area contributed by atoms with Gasteiger partial charge < -0.3 is 5.73 Å². The molecule has 0 aliphatic carbocycles. The molecule has 0 saturated heterocycles. The zero-order valence-electron chi connectivity index (χ0n) is 14.4. The number of rotatable bonds is 13. The van der Waals surface area contributed by atoms with Crippen molar-refractivity contribution in [1.29, 1.82) is 0 Å². The Morgan fingerprint density at radius 1 is 1.00 bits per heavy atom. The fourth-order valence-corrected chi connectivity index (χ4v) is 2.82. The van der Waals surface area contributed by atoms with Crippen LogP contribution >= 0.6 is 0 Å². The van der Waals surface area contributed by atoms with Gasteiger partial charge in [-0.25, -0.2) is 0 Å². The molecule has 0 fully saturated rings. The third kappa shape index (κ3) is 8.99. The summed E-state index contributed by atoms with van der Waals surface area (Å²) in [4.78, 5) is 11.9. The third-order valence-electron chi connectivity index (χ3n) is 4.06. The minimum atomic E-state index is -4.45. The molecule has 3 N–H and O–H groups in total. The number of carbonyl (C=O) groups excluding carboxylic acids is 1. The van der Waals surface area contributed by atoms with Gasteiger partial charge in [-0.15, -0.1) is 0 Å². The molecule has 0 aliphatic rings. The van der Waals surface area contributed by atoms with Gasteiger partial charge in [0.2, 0.25) is 0 Å². The molecule has 0 aromatic heterocycles. The largest absolute Gasteiger partial charge is 1.00 e. The molecule has 1 unspecified atom stereocenters. The minimum Gasteiger partial charge on any atom is -0.328 e. The second-order valence-electron chi connectivity index (χ2n) is 5.91. The van der Waals surface area contributed by atoms with Gasteiger partial charge in [0.1, 0.15) is 0 Å². The molecule has 0 aliphatic heterocycles. The summed E-state index contributed by atoms with van der Waals surface area (Å²) in [7, 11) is -4.45. The van der Waals surface area contributed by atoms with Crippen LogP contribution in [0.25, 0.3) is 0 Å². The summed E-state index contributed by atoms with van der Waals surface area (Å²) in [6, 6.07) is 0. The normalized spacial score (nSPS) is 14.2. The van der Waals surface area contributed by atoms with Crippen LogP contribution in [0.4, 0.5) is 0 Å². The SMILES string of the molecule is CCCCCCCCCCCC(=O)C(C)(CN)S(=O)(=O)O.[Na+]. The van der Waals surface area contributed by atoms with Crippen LogP contribution in [0.15, 0.2) is 0 Å². The Bertz CT molecular complexity index is 400. The molecule has 0 aromatic carbocycles. The topological polar surface area (TPSA) is 97.5 Å². The number of carbonyl (C=O) groups is 1. The van der Waals surface area contributed by atoms with Crippen LogP contribution in [0.3, 0.4) is 0 Å². The predicted molar refractivity (Wildman–Crippen MR) is 85.9 cm³/mol. The summed E-state index contributed by atoms with van der Waals surface area (Å²) in [6.45, 7) is 3.00. The van der Waals surface area contributed by atoms with Gasteiger partial charge in [-0.05, 0) is 13.3 Å². The Balaban J connectivity index is 0. The van der Waals surface area contributed by atoms with Crippen molar-refractivity contribution in [3.8, 4) is 0 Å². The maximum Gasteiger partial charge on any atom is 1.00 e. The van der Waals surface area contributed by atoms with E-state index in [4.69, 9.17) is 10.3 Å². The Morgan fingerprint density at radius 2 is 1.41 bits per heavy atom. The average Bonchev–Trinajstić information content (AvgIpc) is 2.43. The van der Waals surface area contributed by atoms with E-state index < -0.39 is 20.6 Å². The van der Waals surface area contributed by atoms with Gasteiger partial charge in [0.25, 0.3) is 10.1 Å². The van der Waals surface area contributed by atoms with E-state index >= 15 is 0 Å². The molecule has 0 aromatic rings. The quantitative estimate of drug-likeness (QED) is 0.280. The Labute approximate surface area is 157 Å². The van der Waals surface area contributed by atoms with Gasteiger partial charge in [-0.3, -0.25) is 9.35 Å². The van der Waals surface area contributed by atoms with Gasteiger partial charge in [-0.2, -0.15) is 8.42 Å². The van der Waals surface area contributed by atoms with Crippen molar-refractivity contribution in [2.45, 2.75) is 82.8 Å². The Kier molecular flexibility index (Phi) is 14.5. The molecule has 5 nitrogen and oxygen atoms in total. The van der Waals surface area contributed by atoms with Crippen molar-refractivity contribution in [3.63, 3.8) is 0 Å². The molecule has 0 radical (unpaired) electrons. The van der Waals surface area contributed by atoms with Crippen molar-refractivity contribution < 1.29 is 47.3 Å². The molecule has 0 rings (SSSR count). The van der Waals surface area contributed by atoms with E-state index in [-0.39, 0.29) is 42.5 Å². The van der Waals surface area contributed by atoms with Crippen LogP contribution in [0.1, 0.15) is 78.1 Å². The van der Waals surface area contributed by atoms with Gasteiger partial charge in [0, 0.05) is 13.0 Å². The van der Waals surface area contributed by atoms with Gasteiger partial charge in [0.05, 0.1) is 0 Å². The van der Waals surface area contributed by atoms with E-state index in [1.807, 2.05) is 0 Å². The average molecular weight is 344 g/mol. The molecule has 0 bridgehead atoms. The summed E-state index contributed by atoms with van der Waals surface area (Å²) in [6.07, 6.45) is 10.2. The monoisotopic (exact) mass is 344 g/mol. The summed E-state index contributed by atoms with van der Waals surface area (Å²) >= 11 is 0. The standard InChI is InChI=1S/C15H31NO4S.Na/c1-3-4-5-6-7-8-9-10-11-12-14(17)15(2,13-16)21(18,19)20;/h3-13,16H2,1-2H3,(H,18,19,20);/q;+1. The molecular weight excluding hydrogens is 313 g/mol. The van der Waals surface area contributed by atoms with Crippen LogP contribution < -0.4 is 35.3 Å². The summed E-state index contributed by atoms with van der Waals surface area (Å²) < 4.78 is 29.7. The van der Waals surface area contributed by atoms with Crippen LogP contribution in [0.5, 0.6) is 0 Å². The first-order valence-corrected chi connectivity index (χ1v) is 9.44. The molecule has 0 heterocycles. The maximum absolute atomic E-state index is 11.9. The van der Waals surface area contributed by atoms with E-state index in [1.54, 1.807) is 0 Å². The molecule has 0 amide bonds. The van der Waals surface area contributed by atoms with Crippen molar-refractivity contribution in [3.05, 3.63) is 0 Å². The first-order valence-electron chi connectivity index (χ1n) is 8.00. The molecule has 0 saturated carbocycles. The molecule has 7 heteroatoms. The van der Waals surface area contributed by atoms with E-state index in [0.29, 0.717) is 6.42 Å². The summed E-state index contributed by atoms with van der Waals surface area (Å²) in [5.41, 5.74) is 5.34. The molecule has 22 heavy (non-hydrogen) atoms. The number of hydrogen-bond donors (Lipinski definition) is 2.